The van der Waals surface area contributed by atoms with Gasteiger partial charge in [0.05, 0.1) is 7.18 Å². The summed E-state index contributed by atoms with van der Waals surface area (Å²) < 4.78 is 9.50. The Balaban J connectivity index is 0.000000774. The molecule has 21 heavy (non-hydrogen) atoms. The van der Waals surface area contributed by atoms with E-state index in [1.807, 2.05) is 0 Å². The second-order valence-corrected chi connectivity index (χ2v) is 6.56. The summed E-state index contributed by atoms with van der Waals surface area (Å²) in [7, 11) is 0.0540. The summed E-state index contributed by atoms with van der Waals surface area (Å²) in [6, 6.07) is 32.3. The van der Waals surface area contributed by atoms with E-state index in [0.717, 1.165) is 0 Å². The van der Waals surface area contributed by atoms with Gasteiger partial charge in [-0.3, -0.25) is 4.39 Å². The van der Waals surface area contributed by atoms with Crippen molar-refractivity contribution in [2.75, 3.05) is 7.18 Å². The molecular formula is C19H18FP. The lowest BCUT2D eigenvalue weighted by atomic mass is 10.4. The Labute approximate surface area is 127 Å². The highest BCUT2D eigenvalue weighted by Crippen LogP contribution is 2.32. The Bertz CT molecular complexity index is 530. The first kappa shape index (κ1) is 15.4. The molecule has 0 aliphatic rings. The zero-order chi connectivity index (χ0) is 14.9. The van der Waals surface area contributed by atoms with Crippen LogP contribution in [0.5, 0.6) is 0 Å². The zero-order valence-corrected chi connectivity index (χ0v) is 12.9. The number of halogens is 1. The lowest BCUT2D eigenvalue weighted by Crippen LogP contribution is -2.20. The number of hydrogen-bond acceptors (Lipinski definition) is 0. The summed E-state index contributed by atoms with van der Waals surface area (Å²) >= 11 is 0. The minimum absolute atomic E-state index is 0.446. The van der Waals surface area contributed by atoms with Gasteiger partial charge in [0.15, 0.2) is 0 Å². The summed E-state index contributed by atoms with van der Waals surface area (Å²) in [6.45, 7) is 0. The van der Waals surface area contributed by atoms with Gasteiger partial charge in [-0.05, 0) is 23.8 Å². The van der Waals surface area contributed by atoms with Crippen LogP contribution < -0.4 is 15.9 Å². The quantitative estimate of drug-likeness (QED) is 0.640. The largest absolute Gasteiger partial charge is 0.255 e. The molecule has 0 saturated carbocycles. The van der Waals surface area contributed by atoms with Gasteiger partial charge in [-0.2, -0.15) is 0 Å². The van der Waals surface area contributed by atoms with Gasteiger partial charge in [-0.15, -0.1) is 0 Å². The zero-order valence-electron chi connectivity index (χ0n) is 12.0. The number of rotatable bonds is 3. The van der Waals surface area contributed by atoms with Gasteiger partial charge < -0.3 is 0 Å². The molecule has 0 atom stereocenters. The normalized spacial score (nSPS) is 9.86. The van der Waals surface area contributed by atoms with Gasteiger partial charge in [0, 0.05) is 0 Å². The molecule has 0 radical (unpaired) electrons. The Morgan fingerprint density at radius 2 is 0.714 bits per heavy atom. The van der Waals surface area contributed by atoms with E-state index in [2.05, 4.69) is 91.0 Å². The third-order valence-electron chi connectivity index (χ3n) is 3.04. The van der Waals surface area contributed by atoms with Crippen molar-refractivity contribution in [2.45, 2.75) is 0 Å². The van der Waals surface area contributed by atoms with E-state index in [4.69, 9.17) is 0 Å². The number of alkyl halides is 1. The van der Waals surface area contributed by atoms with Crippen LogP contribution in [-0.4, -0.2) is 7.18 Å². The first-order valence-electron chi connectivity index (χ1n) is 6.78. The molecule has 3 rings (SSSR count). The van der Waals surface area contributed by atoms with Crippen molar-refractivity contribution >= 4 is 23.8 Å². The van der Waals surface area contributed by atoms with E-state index in [-0.39, 0.29) is 0 Å². The highest BCUT2D eigenvalue weighted by Gasteiger charge is 2.14. The van der Waals surface area contributed by atoms with E-state index in [9.17, 15) is 4.39 Å². The average molecular weight is 296 g/mol. The molecule has 0 aromatic heterocycles. The van der Waals surface area contributed by atoms with Crippen molar-refractivity contribution in [1.82, 2.24) is 0 Å². The van der Waals surface area contributed by atoms with Crippen molar-refractivity contribution in [2.24, 2.45) is 0 Å². The maximum absolute atomic E-state index is 9.50. The SMILES string of the molecule is CF.c1ccc(P(c2ccccc2)c2ccccc2)cc1. The van der Waals surface area contributed by atoms with Crippen molar-refractivity contribution in [1.29, 1.82) is 0 Å². The lowest BCUT2D eigenvalue weighted by Gasteiger charge is -2.18. The highest BCUT2D eigenvalue weighted by molar-refractivity contribution is 7.79. The molecule has 2 heteroatoms. The fourth-order valence-electron chi connectivity index (χ4n) is 2.18. The maximum atomic E-state index is 9.50. The first-order chi connectivity index (χ1) is 10.4. The van der Waals surface area contributed by atoms with Crippen LogP contribution in [-0.2, 0) is 0 Å². The minimum Gasteiger partial charge on any atom is -0.255 e. The fraction of sp³-hybridized carbons (Fsp3) is 0.0526. The van der Waals surface area contributed by atoms with Crippen LogP contribution in [0.3, 0.4) is 0 Å². The van der Waals surface area contributed by atoms with Gasteiger partial charge in [0.2, 0.25) is 0 Å². The topological polar surface area (TPSA) is 0 Å². The second kappa shape index (κ2) is 8.34. The van der Waals surface area contributed by atoms with Gasteiger partial charge in [0.1, 0.15) is 0 Å². The summed E-state index contributed by atoms with van der Waals surface area (Å²) in [5.41, 5.74) is 0. The van der Waals surface area contributed by atoms with E-state index in [1.54, 1.807) is 0 Å². The van der Waals surface area contributed by atoms with Crippen molar-refractivity contribution in [3.05, 3.63) is 91.0 Å². The molecule has 106 valence electrons. The van der Waals surface area contributed by atoms with Gasteiger partial charge in [0.25, 0.3) is 0 Å². The monoisotopic (exact) mass is 296 g/mol. The van der Waals surface area contributed by atoms with Crippen LogP contribution in [0.2, 0.25) is 0 Å². The Hall–Kier alpha value is -1.98. The van der Waals surface area contributed by atoms with Gasteiger partial charge in [-0.25, -0.2) is 0 Å². The Kier molecular flexibility index (Phi) is 6.12. The summed E-state index contributed by atoms with van der Waals surface area (Å²) in [6.07, 6.45) is 0. The molecular weight excluding hydrogens is 278 g/mol. The molecule has 0 spiro atoms. The first-order valence-corrected chi connectivity index (χ1v) is 8.12. The third-order valence-corrected chi connectivity index (χ3v) is 5.49. The van der Waals surface area contributed by atoms with Crippen LogP contribution in [0.15, 0.2) is 91.0 Å². The predicted molar refractivity (Wildman–Crippen MR) is 92.2 cm³/mol. The molecule has 0 bridgehead atoms. The summed E-state index contributed by atoms with van der Waals surface area (Å²) in [4.78, 5) is 0. The molecule has 3 aromatic rings. The van der Waals surface area contributed by atoms with E-state index in [1.165, 1.54) is 15.9 Å². The molecule has 0 saturated heterocycles. The van der Waals surface area contributed by atoms with Crippen LogP contribution in [0.25, 0.3) is 0 Å². The van der Waals surface area contributed by atoms with Gasteiger partial charge in [-0.1, -0.05) is 91.0 Å². The molecule has 0 aliphatic heterocycles. The molecule has 0 heterocycles. The standard InChI is InChI=1S/C18H15P.CH3F/c1-4-10-16(11-5-1)19(17-12-6-2-7-13-17)18-14-8-3-9-15-18;1-2/h1-15H;1H3. The molecule has 0 N–H and O–H groups in total. The lowest BCUT2D eigenvalue weighted by molar-refractivity contribution is 0.636. The third kappa shape index (κ3) is 4.00. The van der Waals surface area contributed by atoms with Gasteiger partial charge >= 0.3 is 0 Å². The van der Waals surface area contributed by atoms with Crippen molar-refractivity contribution in [3.63, 3.8) is 0 Å². The molecule has 0 unspecified atom stereocenters. The molecule has 0 amide bonds. The van der Waals surface area contributed by atoms with E-state index >= 15 is 0 Å². The van der Waals surface area contributed by atoms with Crippen molar-refractivity contribution in [3.8, 4) is 0 Å². The highest BCUT2D eigenvalue weighted by atomic mass is 31.1. The smallest absolute Gasteiger partial charge is 0.0785 e. The Morgan fingerprint density at radius 3 is 0.952 bits per heavy atom. The van der Waals surface area contributed by atoms with Crippen LogP contribution in [0.4, 0.5) is 4.39 Å². The van der Waals surface area contributed by atoms with E-state index < -0.39 is 7.92 Å². The van der Waals surface area contributed by atoms with Crippen molar-refractivity contribution < 1.29 is 4.39 Å². The summed E-state index contributed by atoms with van der Waals surface area (Å²) in [5.74, 6) is 0. The Morgan fingerprint density at radius 1 is 0.476 bits per heavy atom. The number of hydrogen-bond donors (Lipinski definition) is 0. The maximum Gasteiger partial charge on any atom is 0.0785 e. The molecule has 0 aliphatic carbocycles. The minimum atomic E-state index is -0.446. The summed E-state index contributed by atoms with van der Waals surface area (Å²) in [5, 5.41) is 4.19. The molecule has 0 nitrogen and oxygen atoms in total. The second-order valence-electron chi connectivity index (χ2n) is 4.34. The van der Waals surface area contributed by atoms with Crippen LogP contribution >= 0.6 is 7.92 Å². The number of benzene rings is 3. The predicted octanol–water partition coefficient (Wildman–Crippen LogP) is 4.03. The molecule has 3 aromatic carbocycles. The fourth-order valence-corrected chi connectivity index (χ4v) is 4.48. The van der Waals surface area contributed by atoms with E-state index in [0.29, 0.717) is 7.18 Å². The van der Waals surface area contributed by atoms with Crippen LogP contribution in [0, 0.1) is 0 Å². The van der Waals surface area contributed by atoms with Crippen LogP contribution in [0.1, 0.15) is 0 Å². The molecule has 0 fully saturated rings. The average Bonchev–Trinajstić information content (AvgIpc) is 2.60.